The monoisotopic (exact) mass is 317 g/mol. The molecule has 0 spiro atoms. The highest BCUT2D eigenvalue weighted by Crippen LogP contribution is 2.42. The zero-order valence-corrected chi connectivity index (χ0v) is 13.6. The van der Waals surface area contributed by atoms with E-state index in [0.717, 1.165) is 19.4 Å². The minimum absolute atomic E-state index is 0.126. The fourth-order valence-corrected chi connectivity index (χ4v) is 4.23. The highest BCUT2D eigenvalue weighted by molar-refractivity contribution is 5.69. The molecule has 3 rings (SSSR count). The first-order valence-corrected chi connectivity index (χ1v) is 8.79. The summed E-state index contributed by atoms with van der Waals surface area (Å²) in [6, 6.07) is 10.6. The molecule has 0 saturated heterocycles. The Kier molecular flexibility index (Phi) is 5.34. The van der Waals surface area contributed by atoms with Crippen LogP contribution in [0.15, 0.2) is 30.3 Å². The summed E-state index contributed by atoms with van der Waals surface area (Å²) < 4.78 is 0. The molecule has 3 atom stereocenters. The van der Waals surface area contributed by atoms with Crippen molar-refractivity contribution in [2.75, 3.05) is 19.7 Å². The van der Waals surface area contributed by atoms with Gasteiger partial charge in [-0.25, -0.2) is 0 Å². The molecule has 4 nitrogen and oxygen atoms in total. The van der Waals surface area contributed by atoms with E-state index < -0.39 is 5.97 Å². The molecule has 3 unspecified atom stereocenters. The fourth-order valence-electron chi connectivity index (χ4n) is 4.23. The number of aliphatic carboxylic acids is 1. The second-order valence-corrected chi connectivity index (χ2v) is 7.21. The minimum atomic E-state index is -0.743. The van der Waals surface area contributed by atoms with E-state index in [2.05, 4.69) is 17.0 Å². The summed E-state index contributed by atoms with van der Waals surface area (Å²) in [6.07, 6.45) is 5.59. The van der Waals surface area contributed by atoms with Gasteiger partial charge in [0.15, 0.2) is 0 Å². The SMILES string of the molecule is O=C(O)CN(CC1CCC1)C1CC(CO)C(c2ccccc2)C1. The average molecular weight is 317 g/mol. The molecule has 2 fully saturated rings. The van der Waals surface area contributed by atoms with Crippen LogP contribution >= 0.6 is 0 Å². The molecule has 2 saturated carbocycles. The summed E-state index contributed by atoms with van der Waals surface area (Å²) in [5.74, 6) is 0.495. The van der Waals surface area contributed by atoms with E-state index in [4.69, 9.17) is 0 Å². The van der Waals surface area contributed by atoms with E-state index in [-0.39, 0.29) is 25.1 Å². The summed E-state index contributed by atoms with van der Waals surface area (Å²) in [5, 5.41) is 19.0. The molecule has 1 aromatic carbocycles. The van der Waals surface area contributed by atoms with E-state index >= 15 is 0 Å². The zero-order valence-electron chi connectivity index (χ0n) is 13.6. The van der Waals surface area contributed by atoms with Gasteiger partial charge < -0.3 is 10.2 Å². The second-order valence-electron chi connectivity index (χ2n) is 7.21. The third-order valence-electron chi connectivity index (χ3n) is 5.70. The van der Waals surface area contributed by atoms with Gasteiger partial charge in [-0.15, -0.1) is 0 Å². The highest BCUT2D eigenvalue weighted by atomic mass is 16.4. The van der Waals surface area contributed by atoms with Crippen LogP contribution in [0.3, 0.4) is 0 Å². The maximum atomic E-state index is 11.3. The Labute approximate surface area is 138 Å². The number of carbonyl (C=O) groups is 1. The molecule has 126 valence electrons. The van der Waals surface area contributed by atoms with E-state index in [1.54, 1.807) is 0 Å². The van der Waals surface area contributed by atoms with Gasteiger partial charge in [-0.1, -0.05) is 36.8 Å². The summed E-state index contributed by atoms with van der Waals surface area (Å²) >= 11 is 0. The van der Waals surface area contributed by atoms with E-state index in [0.29, 0.717) is 11.8 Å². The van der Waals surface area contributed by atoms with Gasteiger partial charge in [-0.2, -0.15) is 0 Å². The zero-order chi connectivity index (χ0) is 16.2. The van der Waals surface area contributed by atoms with Crippen molar-refractivity contribution in [3.63, 3.8) is 0 Å². The molecule has 0 radical (unpaired) electrons. The third kappa shape index (κ3) is 3.93. The van der Waals surface area contributed by atoms with Gasteiger partial charge in [0.2, 0.25) is 0 Å². The second kappa shape index (κ2) is 7.45. The van der Waals surface area contributed by atoms with Gasteiger partial charge in [0.25, 0.3) is 0 Å². The number of aliphatic hydroxyl groups excluding tert-OH is 1. The van der Waals surface area contributed by atoms with Crippen molar-refractivity contribution in [3.8, 4) is 0 Å². The Morgan fingerprint density at radius 1 is 1.17 bits per heavy atom. The molecule has 1 aromatic rings. The quantitative estimate of drug-likeness (QED) is 0.812. The van der Waals surface area contributed by atoms with Crippen molar-refractivity contribution in [2.45, 2.75) is 44.1 Å². The number of hydrogen-bond donors (Lipinski definition) is 2. The molecule has 0 aromatic heterocycles. The lowest BCUT2D eigenvalue weighted by molar-refractivity contribution is -0.139. The van der Waals surface area contributed by atoms with Crippen molar-refractivity contribution >= 4 is 5.97 Å². The maximum absolute atomic E-state index is 11.3. The highest BCUT2D eigenvalue weighted by Gasteiger charge is 2.38. The molecule has 2 N–H and O–H groups in total. The van der Waals surface area contributed by atoms with Gasteiger partial charge in [-0.05, 0) is 49.0 Å². The Balaban J connectivity index is 1.71. The van der Waals surface area contributed by atoms with Crippen LogP contribution in [0.25, 0.3) is 0 Å². The molecule has 23 heavy (non-hydrogen) atoms. The number of carboxylic acid groups (broad SMARTS) is 1. The van der Waals surface area contributed by atoms with Crippen LogP contribution < -0.4 is 0 Å². The lowest BCUT2D eigenvalue weighted by Crippen LogP contribution is -2.42. The fraction of sp³-hybridized carbons (Fsp3) is 0.632. The van der Waals surface area contributed by atoms with Crippen molar-refractivity contribution < 1.29 is 15.0 Å². The summed E-state index contributed by atoms with van der Waals surface area (Å²) in [7, 11) is 0. The predicted molar refractivity (Wildman–Crippen MR) is 89.3 cm³/mol. The lowest BCUT2D eigenvalue weighted by atomic mass is 9.84. The van der Waals surface area contributed by atoms with Crippen LogP contribution in [-0.2, 0) is 4.79 Å². The van der Waals surface area contributed by atoms with Crippen LogP contribution in [0.2, 0.25) is 0 Å². The first kappa shape index (κ1) is 16.5. The van der Waals surface area contributed by atoms with E-state index in [9.17, 15) is 15.0 Å². The molecule has 2 aliphatic rings. The molecule has 4 heteroatoms. The number of rotatable bonds is 7. The molecule has 0 bridgehead atoms. The first-order valence-electron chi connectivity index (χ1n) is 8.79. The standard InChI is InChI=1S/C19H27NO3/c21-13-16-9-17(10-18(16)15-7-2-1-3-8-15)20(12-19(22)23)11-14-5-4-6-14/h1-3,7-8,14,16-18,21H,4-6,9-13H2,(H,22,23). The Morgan fingerprint density at radius 3 is 2.48 bits per heavy atom. The van der Waals surface area contributed by atoms with Crippen LogP contribution in [0.1, 0.15) is 43.6 Å². The van der Waals surface area contributed by atoms with Gasteiger partial charge >= 0.3 is 5.97 Å². The normalized spacial score (nSPS) is 28.0. The van der Waals surface area contributed by atoms with Gasteiger partial charge in [0.05, 0.1) is 6.54 Å². The van der Waals surface area contributed by atoms with E-state index in [1.165, 1.54) is 24.8 Å². The van der Waals surface area contributed by atoms with Crippen LogP contribution in [-0.4, -0.2) is 46.8 Å². The van der Waals surface area contributed by atoms with Gasteiger partial charge in [0.1, 0.15) is 0 Å². The Bertz CT molecular complexity index is 515. The van der Waals surface area contributed by atoms with Crippen molar-refractivity contribution in [1.29, 1.82) is 0 Å². The van der Waals surface area contributed by atoms with E-state index in [1.807, 2.05) is 18.2 Å². The van der Waals surface area contributed by atoms with Crippen LogP contribution in [0.5, 0.6) is 0 Å². The van der Waals surface area contributed by atoms with Crippen molar-refractivity contribution in [3.05, 3.63) is 35.9 Å². The summed E-state index contributed by atoms with van der Waals surface area (Å²) in [5.41, 5.74) is 1.27. The topological polar surface area (TPSA) is 60.8 Å². The van der Waals surface area contributed by atoms with Gasteiger partial charge in [0, 0.05) is 19.2 Å². The number of hydrogen-bond acceptors (Lipinski definition) is 3. The number of benzene rings is 1. The van der Waals surface area contributed by atoms with Crippen LogP contribution in [0, 0.1) is 11.8 Å². The summed E-state index contributed by atoms with van der Waals surface area (Å²) in [6.45, 7) is 1.21. The molecule has 0 heterocycles. The van der Waals surface area contributed by atoms with Gasteiger partial charge in [-0.3, -0.25) is 9.69 Å². The maximum Gasteiger partial charge on any atom is 0.317 e. The minimum Gasteiger partial charge on any atom is -0.480 e. The molecular weight excluding hydrogens is 290 g/mol. The van der Waals surface area contributed by atoms with Crippen molar-refractivity contribution in [1.82, 2.24) is 4.90 Å². The Hall–Kier alpha value is -1.39. The largest absolute Gasteiger partial charge is 0.480 e. The molecule has 0 amide bonds. The Morgan fingerprint density at radius 2 is 1.91 bits per heavy atom. The molecule has 2 aliphatic carbocycles. The third-order valence-corrected chi connectivity index (χ3v) is 5.70. The predicted octanol–water partition coefficient (Wildman–Crippen LogP) is 2.73. The number of nitrogens with zero attached hydrogens (tertiary/aromatic N) is 1. The van der Waals surface area contributed by atoms with Crippen molar-refractivity contribution in [2.24, 2.45) is 11.8 Å². The number of aliphatic hydroxyl groups is 1. The number of carboxylic acids is 1. The average Bonchev–Trinajstić information content (AvgIpc) is 2.94. The smallest absolute Gasteiger partial charge is 0.317 e. The van der Waals surface area contributed by atoms with Crippen LogP contribution in [0.4, 0.5) is 0 Å². The first-order chi connectivity index (χ1) is 11.2. The lowest BCUT2D eigenvalue weighted by Gasteiger charge is -2.35. The molecule has 0 aliphatic heterocycles. The molecular formula is C19H27NO3. The summed E-state index contributed by atoms with van der Waals surface area (Å²) in [4.78, 5) is 13.4.